The first-order valence-corrected chi connectivity index (χ1v) is 8.09. The Hall–Kier alpha value is -2.14. The number of carbonyl (C=O) groups is 1. The number of methoxy groups -OCH3 is 1. The smallest absolute Gasteiger partial charge is 0.253 e. The first-order chi connectivity index (χ1) is 11.3. The summed E-state index contributed by atoms with van der Waals surface area (Å²) in [6.45, 7) is 3.14. The highest BCUT2D eigenvalue weighted by molar-refractivity contribution is 5.94. The molecule has 3 rings (SSSR count). The molecule has 0 radical (unpaired) electrons. The van der Waals surface area contributed by atoms with Crippen molar-refractivity contribution in [1.29, 1.82) is 0 Å². The molecular weight excluding hydrogens is 290 g/mol. The summed E-state index contributed by atoms with van der Waals surface area (Å²) in [5.74, 6) is 0.582. The molecule has 1 amide bonds. The number of hydrogen-bond acceptors (Lipinski definition) is 3. The van der Waals surface area contributed by atoms with Crippen LogP contribution < -0.4 is 0 Å². The second-order valence-corrected chi connectivity index (χ2v) is 6.15. The fourth-order valence-corrected chi connectivity index (χ4v) is 3.15. The van der Waals surface area contributed by atoms with Crippen molar-refractivity contribution in [1.82, 2.24) is 14.5 Å². The van der Waals surface area contributed by atoms with Gasteiger partial charge in [-0.25, -0.2) is 4.98 Å². The van der Waals surface area contributed by atoms with Gasteiger partial charge < -0.3 is 14.2 Å². The molecule has 2 heterocycles. The van der Waals surface area contributed by atoms with Gasteiger partial charge in [0.2, 0.25) is 0 Å². The summed E-state index contributed by atoms with van der Waals surface area (Å²) in [5.41, 5.74) is 1.92. The van der Waals surface area contributed by atoms with E-state index in [2.05, 4.69) is 4.98 Å². The maximum atomic E-state index is 12.6. The minimum Gasteiger partial charge on any atom is -0.384 e. The summed E-state index contributed by atoms with van der Waals surface area (Å²) in [6.07, 6.45) is 7.69. The number of likely N-dealkylation sites (tertiary alicyclic amines) is 1. The molecule has 0 bridgehead atoms. The molecule has 0 saturated carbocycles. The highest BCUT2D eigenvalue weighted by Crippen LogP contribution is 2.19. The summed E-state index contributed by atoms with van der Waals surface area (Å²) in [5, 5.41) is 0. The number of aromatic nitrogens is 2. The zero-order valence-corrected chi connectivity index (χ0v) is 13.5. The summed E-state index contributed by atoms with van der Waals surface area (Å²) in [6, 6.07) is 7.89. The summed E-state index contributed by atoms with van der Waals surface area (Å²) < 4.78 is 7.25. The van der Waals surface area contributed by atoms with E-state index in [1.54, 1.807) is 19.6 Å². The van der Waals surface area contributed by atoms with Crippen LogP contribution in [0.25, 0.3) is 0 Å². The predicted octanol–water partition coefficient (Wildman–Crippen LogP) is 2.43. The van der Waals surface area contributed by atoms with Gasteiger partial charge in [0.1, 0.15) is 0 Å². The molecule has 0 spiro atoms. The van der Waals surface area contributed by atoms with E-state index in [0.717, 1.165) is 50.2 Å². The Morgan fingerprint density at radius 2 is 2.17 bits per heavy atom. The van der Waals surface area contributed by atoms with Crippen molar-refractivity contribution in [3.63, 3.8) is 0 Å². The molecule has 2 aromatic rings. The number of imidazole rings is 1. The number of piperidine rings is 1. The second-order valence-electron chi connectivity index (χ2n) is 6.15. The van der Waals surface area contributed by atoms with Crippen LogP contribution in [0.1, 0.15) is 28.8 Å². The molecule has 1 atom stereocenters. The van der Waals surface area contributed by atoms with Crippen LogP contribution in [0.3, 0.4) is 0 Å². The van der Waals surface area contributed by atoms with E-state index in [1.807, 2.05) is 39.9 Å². The molecule has 122 valence electrons. The van der Waals surface area contributed by atoms with Gasteiger partial charge in [0.05, 0.1) is 12.9 Å². The van der Waals surface area contributed by atoms with Gasteiger partial charge in [-0.3, -0.25) is 4.79 Å². The molecule has 1 aliphatic heterocycles. The van der Waals surface area contributed by atoms with Gasteiger partial charge in [0, 0.05) is 44.7 Å². The fourth-order valence-electron chi connectivity index (χ4n) is 3.15. The minimum absolute atomic E-state index is 0.125. The zero-order chi connectivity index (χ0) is 16.1. The highest BCUT2D eigenvalue weighted by Gasteiger charge is 2.24. The van der Waals surface area contributed by atoms with Crippen molar-refractivity contribution < 1.29 is 9.53 Å². The van der Waals surface area contributed by atoms with E-state index in [1.165, 1.54) is 0 Å². The Morgan fingerprint density at radius 1 is 1.35 bits per heavy atom. The first kappa shape index (κ1) is 15.7. The molecule has 0 aliphatic carbocycles. The Bertz CT molecular complexity index is 620. The van der Waals surface area contributed by atoms with Crippen LogP contribution in [-0.4, -0.2) is 47.2 Å². The molecule has 1 unspecified atom stereocenters. The summed E-state index contributed by atoms with van der Waals surface area (Å²) >= 11 is 0. The van der Waals surface area contributed by atoms with E-state index in [9.17, 15) is 4.79 Å². The van der Waals surface area contributed by atoms with Crippen molar-refractivity contribution in [3.05, 3.63) is 54.1 Å². The number of hydrogen-bond donors (Lipinski definition) is 0. The quantitative estimate of drug-likeness (QED) is 0.852. The van der Waals surface area contributed by atoms with Gasteiger partial charge in [-0.05, 0) is 36.5 Å². The molecule has 1 saturated heterocycles. The molecular formula is C18H23N3O2. The van der Waals surface area contributed by atoms with Gasteiger partial charge in [-0.2, -0.15) is 0 Å². The van der Waals surface area contributed by atoms with Crippen LogP contribution in [0, 0.1) is 5.92 Å². The van der Waals surface area contributed by atoms with E-state index >= 15 is 0 Å². The number of nitrogens with zero attached hydrogens (tertiary/aromatic N) is 3. The molecule has 5 heteroatoms. The number of rotatable bonds is 5. The number of ether oxygens (including phenoxy) is 1. The molecule has 23 heavy (non-hydrogen) atoms. The number of carbonyl (C=O) groups excluding carboxylic acids is 1. The third-order valence-corrected chi connectivity index (χ3v) is 4.33. The maximum Gasteiger partial charge on any atom is 0.253 e. The van der Waals surface area contributed by atoms with Crippen LogP contribution in [-0.2, 0) is 11.3 Å². The lowest BCUT2D eigenvalue weighted by Gasteiger charge is -2.32. The summed E-state index contributed by atoms with van der Waals surface area (Å²) in [4.78, 5) is 18.6. The normalized spacial score (nSPS) is 18.1. The Balaban J connectivity index is 1.63. The average molecular weight is 313 g/mol. The lowest BCUT2D eigenvalue weighted by atomic mass is 9.98. The maximum absolute atomic E-state index is 12.6. The number of amides is 1. The van der Waals surface area contributed by atoms with Crippen molar-refractivity contribution in [3.8, 4) is 0 Å². The van der Waals surface area contributed by atoms with Crippen molar-refractivity contribution >= 4 is 5.91 Å². The lowest BCUT2D eigenvalue weighted by molar-refractivity contribution is 0.0571. The molecule has 1 aliphatic rings. The number of benzene rings is 1. The molecule has 1 aromatic heterocycles. The van der Waals surface area contributed by atoms with Crippen molar-refractivity contribution in [2.75, 3.05) is 26.8 Å². The minimum atomic E-state index is 0.125. The fraction of sp³-hybridized carbons (Fsp3) is 0.444. The van der Waals surface area contributed by atoms with E-state index in [4.69, 9.17) is 4.74 Å². The van der Waals surface area contributed by atoms with Gasteiger partial charge in [-0.1, -0.05) is 12.1 Å². The van der Waals surface area contributed by atoms with E-state index in [0.29, 0.717) is 5.92 Å². The molecule has 1 fully saturated rings. The standard InChI is InChI=1S/C18H23N3O2/c1-23-13-16-3-2-9-21(12-16)18(22)17-6-4-15(5-7-17)11-20-10-8-19-14-20/h4-8,10,14,16H,2-3,9,11-13H2,1H3. The second kappa shape index (κ2) is 7.42. The van der Waals surface area contributed by atoms with Crippen LogP contribution in [0.5, 0.6) is 0 Å². The SMILES string of the molecule is COCC1CCCN(C(=O)c2ccc(Cn3ccnc3)cc2)C1. The van der Waals surface area contributed by atoms with Crippen LogP contribution in [0.4, 0.5) is 0 Å². The van der Waals surface area contributed by atoms with Crippen LogP contribution in [0.2, 0.25) is 0 Å². The van der Waals surface area contributed by atoms with Gasteiger partial charge in [0.25, 0.3) is 5.91 Å². The van der Waals surface area contributed by atoms with Crippen LogP contribution >= 0.6 is 0 Å². The molecule has 1 aromatic carbocycles. The zero-order valence-electron chi connectivity index (χ0n) is 13.5. The Morgan fingerprint density at radius 3 is 2.87 bits per heavy atom. The van der Waals surface area contributed by atoms with E-state index < -0.39 is 0 Å². The monoisotopic (exact) mass is 313 g/mol. The van der Waals surface area contributed by atoms with Crippen molar-refractivity contribution in [2.24, 2.45) is 5.92 Å². The first-order valence-electron chi connectivity index (χ1n) is 8.09. The average Bonchev–Trinajstić information content (AvgIpc) is 3.08. The lowest BCUT2D eigenvalue weighted by Crippen LogP contribution is -2.41. The van der Waals surface area contributed by atoms with Crippen molar-refractivity contribution in [2.45, 2.75) is 19.4 Å². The topological polar surface area (TPSA) is 47.4 Å². The summed E-state index contributed by atoms with van der Waals surface area (Å²) in [7, 11) is 1.72. The molecule has 5 nitrogen and oxygen atoms in total. The third kappa shape index (κ3) is 3.99. The predicted molar refractivity (Wildman–Crippen MR) is 88.3 cm³/mol. The third-order valence-electron chi connectivity index (χ3n) is 4.33. The van der Waals surface area contributed by atoms with E-state index in [-0.39, 0.29) is 5.91 Å². The van der Waals surface area contributed by atoms with Gasteiger partial charge in [0.15, 0.2) is 0 Å². The van der Waals surface area contributed by atoms with Crippen LogP contribution in [0.15, 0.2) is 43.0 Å². The highest BCUT2D eigenvalue weighted by atomic mass is 16.5. The van der Waals surface area contributed by atoms with Gasteiger partial charge >= 0.3 is 0 Å². The Kier molecular flexibility index (Phi) is 5.08. The van der Waals surface area contributed by atoms with Gasteiger partial charge in [-0.15, -0.1) is 0 Å². The largest absolute Gasteiger partial charge is 0.384 e. The molecule has 0 N–H and O–H groups in total. The Labute approximate surface area is 136 Å².